The normalized spacial score (nSPS) is 13.4. The van der Waals surface area contributed by atoms with E-state index in [1.54, 1.807) is 0 Å². The van der Waals surface area contributed by atoms with E-state index in [1.807, 2.05) is 55.5 Å². The highest BCUT2D eigenvalue weighted by atomic mass is 32.2. The topological polar surface area (TPSA) is 17.1 Å². The molecule has 0 N–H and O–H groups in total. The maximum Gasteiger partial charge on any atom is 0.0852 e. The van der Waals surface area contributed by atoms with Crippen molar-refractivity contribution in [2.45, 2.75) is 36.0 Å². The van der Waals surface area contributed by atoms with Crippen LogP contribution in [0.4, 0.5) is 0 Å². The lowest BCUT2D eigenvalue weighted by Crippen LogP contribution is -2.04. The molecule has 3 rings (SSSR count). The first kappa shape index (κ1) is 16.7. The van der Waals surface area contributed by atoms with Crippen LogP contribution in [0.3, 0.4) is 0 Å². The minimum Gasteiger partial charge on any atom is -0.249 e. The monoisotopic (exact) mass is 334 g/mol. The fourth-order valence-electron chi connectivity index (χ4n) is 2.92. The first-order chi connectivity index (χ1) is 11.6. The van der Waals surface area contributed by atoms with Crippen molar-refractivity contribution in [3.63, 3.8) is 0 Å². The van der Waals surface area contributed by atoms with Gasteiger partial charge in [-0.25, -0.2) is 4.21 Å². The van der Waals surface area contributed by atoms with Crippen LogP contribution in [0.5, 0.6) is 0 Å². The number of hydrogen-bond donors (Lipinski definition) is 0. The van der Waals surface area contributed by atoms with Crippen molar-refractivity contribution >= 4 is 10.8 Å². The first-order valence-electron chi connectivity index (χ1n) is 8.26. The van der Waals surface area contributed by atoms with Crippen LogP contribution in [0.2, 0.25) is 0 Å². The SMILES string of the molecule is Cc1ccc(S(=O)c2ccccc2[C@H](C)Cc2ccccc2)cc1. The van der Waals surface area contributed by atoms with Crippen molar-refractivity contribution in [2.75, 3.05) is 0 Å². The summed E-state index contributed by atoms with van der Waals surface area (Å²) < 4.78 is 13.0. The van der Waals surface area contributed by atoms with Crippen LogP contribution >= 0.6 is 0 Å². The van der Waals surface area contributed by atoms with Crippen molar-refractivity contribution in [3.8, 4) is 0 Å². The van der Waals surface area contributed by atoms with Crippen LogP contribution in [-0.4, -0.2) is 4.21 Å². The fraction of sp³-hybridized carbons (Fsp3) is 0.182. The third-order valence-electron chi connectivity index (χ3n) is 4.27. The molecule has 1 unspecified atom stereocenters. The molecule has 3 aromatic carbocycles. The summed E-state index contributed by atoms with van der Waals surface area (Å²) >= 11 is 0. The van der Waals surface area contributed by atoms with Crippen molar-refractivity contribution in [1.82, 2.24) is 0 Å². The van der Waals surface area contributed by atoms with E-state index in [9.17, 15) is 4.21 Å². The van der Waals surface area contributed by atoms with Crippen molar-refractivity contribution in [3.05, 3.63) is 95.6 Å². The third kappa shape index (κ3) is 3.82. The summed E-state index contributed by atoms with van der Waals surface area (Å²) in [5.74, 6) is 0.318. The minimum absolute atomic E-state index is 0.318. The first-order valence-corrected chi connectivity index (χ1v) is 9.41. The molecule has 2 atom stereocenters. The second-order valence-corrected chi connectivity index (χ2v) is 7.66. The Morgan fingerprint density at radius 3 is 2.17 bits per heavy atom. The van der Waals surface area contributed by atoms with Gasteiger partial charge < -0.3 is 0 Å². The largest absolute Gasteiger partial charge is 0.249 e. The molecule has 0 spiro atoms. The predicted octanol–water partition coefficient (Wildman–Crippen LogP) is 5.51. The van der Waals surface area contributed by atoms with Gasteiger partial charge in [0.15, 0.2) is 0 Å². The predicted molar refractivity (Wildman–Crippen MR) is 101 cm³/mol. The van der Waals surface area contributed by atoms with E-state index in [0.29, 0.717) is 5.92 Å². The van der Waals surface area contributed by atoms with E-state index in [1.165, 1.54) is 16.7 Å². The van der Waals surface area contributed by atoms with Crippen LogP contribution < -0.4 is 0 Å². The lowest BCUT2D eigenvalue weighted by molar-refractivity contribution is 0.677. The molecule has 0 aliphatic carbocycles. The summed E-state index contributed by atoms with van der Waals surface area (Å²) in [4.78, 5) is 1.78. The Balaban J connectivity index is 1.90. The van der Waals surface area contributed by atoms with Gasteiger partial charge in [-0.15, -0.1) is 0 Å². The summed E-state index contributed by atoms with van der Waals surface area (Å²) in [5.41, 5.74) is 3.66. The highest BCUT2D eigenvalue weighted by molar-refractivity contribution is 7.85. The van der Waals surface area contributed by atoms with E-state index in [-0.39, 0.29) is 0 Å². The number of hydrogen-bond acceptors (Lipinski definition) is 1. The summed E-state index contributed by atoms with van der Waals surface area (Å²) in [6, 6.07) is 26.5. The maximum absolute atomic E-state index is 13.0. The van der Waals surface area contributed by atoms with Gasteiger partial charge in [-0.05, 0) is 48.6 Å². The third-order valence-corrected chi connectivity index (χ3v) is 5.74. The molecule has 3 aromatic rings. The molecule has 0 saturated carbocycles. The molecule has 0 aliphatic heterocycles. The van der Waals surface area contributed by atoms with Gasteiger partial charge in [-0.1, -0.05) is 73.2 Å². The summed E-state index contributed by atoms with van der Waals surface area (Å²) in [6.07, 6.45) is 0.947. The van der Waals surface area contributed by atoms with Crippen molar-refractivity contribution in [2.24, 2.45) is 0 Å². The highest BCUT2D eigenvalue weighted by Crippen LogP contribution is 2.28. The molecule has 0 fully saturated rings. The molecule has 0 amide bonds. The average Bonchev–Trinajstić information content (AvgIpc) is 2.62. The Kier molecular flexibility index (Phi) is 5.27. The molecular weight excluding hydrogens is 312 g/mol. The Morgan fingerprint density at radius 1 is 0.833 bits per heavy atom. The molecule has 0 heterocycles. The zero-order chi connectivity index (χ0) is 16.9. The van der Waals surface area contributed by atoms with Gasteiger partial charge in [0.2, 0.25) is 0 Å². The van der Waals surface area contributed by atoms with Crippen LogP contribution in [0, 0.1) is 6.92 Å². The van der Waals surface area contributed by atoms with E-state index >= 15 is 0 Å². The van der Waals surface area contributed by atoms with Gasteiger partial charge >= 0.3 is 0 Å². The summed E-state index contributed by atoms with van der Waals surface area (Å²) in [7, 11) is -1.15. The molecule has 0 aromatic heterocycles. The van der Waals surface area contributed by atoms with Gasteiger partial charge in [0.1, 0.15) is 0 Å². The molecule has 24 heavy (non-hydrogen) atoms. The second kappa shape index (κ2) is 7.59. The van der Waals surface area contributed by atoms with Gasteiger partial charge in [0.25, 0.3) is 0 Å². The standard InChI is InChI=1S/C22H22OS/c1-17-12-14-20(15-13-17)24(23)22-11-7-6-10-21(22)18(2)16-19-8-4-3-5-9-19/h3-15,18H,16H2,1-2H3/t18-,24?/m1/s1. The molecule has 0 saturated heterocycles. The number of aryl methyl sites for hydroxylation is 1. The maximum atomic E-state index is 13.0. The lowest BCUT2D eigenvalue weighted by atomic mass is 9.94. The smallest absolute Gasteiger partial charge is 0.0852 e. The fourth-order valence-corrected chi connectivity index (χ4v) is 4.25. The van der Waals surface area contributed by atoms with Crippen molar-refractivity contribution in [1.29, 1.82) is 0 Å². The minimum atomic E-state index is -1.15. The van der Waals surface area contributed by atoms with E-state index in [4.69, 9.17) is 0 Å². The van der Waals surface area contributed by atoms with E-state index in [0.717, 1.165) is 16.2 Å². The quantitative estimate of drug-likeness (QED) is 0.601. The summed E-state index contributed by atoms with van der Waals surface area (Å²) in [5, 5.41) is 0. The summed E-state index contributed by atoms with van der Waals surface area (Å²) in [6.45, 7) is 4.25. The van der Waals surface area contributed by atoms with Crippen molar-refractivity contribution < 1.29 is 4.21 Å². The van der Waals surface area contributed by atoms with Gasteiger partial charge in [-0.2, -0.15) is 0 Å². The van der Waals surface area contributed by atoms with Gasteiger partial charge in [0.05, 0.1) is 10.8 Å². The Hall–Kier alpha value is -2.19. The zero-order valence-electron chi connectivity index (χ0n) is 14.1. The van der Waals surface area contributed by atoms with Gasteiger partial charge in [-0.3, -0.25) is 0 Å². The Bertz CT molecular complexity index is 822. The van der Waals surface area contributed by atoms with Gasteiger partial charge in [0, 0.05) is 9.79 Å². The van der Waals surface area contributed by atoms with E-state index in [2.05, 4.69) is 37.3 Å². The molecule has 0 radical (unpaired) electrons. The van der Waals surface area contributed by atoms with Crippen LogP contribution in [0.1, 0.15) is 29.5 Å². The van der Waals surface area contributed by atoms with Crippen LogP contribution in [0.25, 0.3) is 0 Å². The Labute approximate surface area is 146 Å². The Morgan fingerprint density at radius 2 is 1.46 bits per heavy atom. The number of benzene rings is 3. The second-order valence-electron chi connectivity index (χ2n) is 6.21. The molecular formula is C22H22OS. The molecule has 2 heteroatoms. The molecule has 122 valence electrons. The average molecular weight is 334 g/mol. The highest BCUT2D eigenvalue weighted by Gasteiger charge is 2.16. The number of rotatable bonds is 5. The molecule has 1 nitrogen and oxygen atoms in total. The zero-order valence-corrected chi connectivity index (χ0v) is 14.9. The molecule has 0 bridgehead atoms. The van der Waals surface area contributed by atoms with Crippen LogP contribution in [0.15, 0.2) is 88.7 Å². The molecule has 0 aliphatic rings. The lowest BCUT2D eigenvalue weighted by Gasteiger charge is -2.16. The van der Waals surface area contributed by atoms with Crippen LogP contribution in [-0.2, 0) is 17.2 Å². The van der Waals surface area contributed by atoms with E-state index < -0.39 is 10.8 Å².